The zero-order chi connectivity index (χ0) is 62.0. The average Bonchev–Trinajstić information content (AvgIpc) is 2.75. The van der Waals surface area contributed by atoms with Gasteiger partial charge in [-0.05, 0) is 54.6 Å². The lowest BCUT2D eigenvalue weighted by atomic mass is 10.1. The molecule has 0 spiro atoms. The molecule has 6 aliphatic heterocycles. The van der Waals surface area contributed by atoms with Crippen LogP contribution in [0.15, 0.2) is 202 Å². The number of aliphatic hydroxyl groups excluding tert-OH is 3. The van der Waals surface area contributed by atoms with Crippen LogP contribution in [0.1, 0.15) is 16.7 Å². The van der Waals surface area contributed by atoms with Gasteiger partial charge in [0.25, 0.3) is 0 Å². The van der Waals surface area contributed by atoms with E-state index in [0.29, 0.717) is 51.8 Å². The highest BCUT2D eigenvalue weighted by atomic mass is 32.2. The monoisotopic (exact) mass is 1270 g/mol. The second-order valence-corrected chi connectivity index (χ2v) is 24.3. The Hall–Kier alpha value is -6.90. The van der Waals surface area contributed by atoms with Crippen LogP contribution in [0.5, 0.6) is 0 Å². The van der Waals surface area contributed by atoms with Gasteiger partial charge in [0.05, 0.1) is 76.5 Å². The maximum absolute atomic E-state index is 9.55. The third kappa shape index (κ3) is 19.8. The molecule has 0 aliphatic carbocycles. The van der Waals surface area contributed by atoms with Crippen molar-refractivity contribution in [3.05, 3.63) is 174 Å². The van der Waals surface area contributed by atoms with Crippen LogP contribution >= 0.6 is 35.3 Å². The van der Waals surface area contributed by atoms with Gasteiger partial charge in [0.15, 0.2) is 0 Å². The Morgan fingerprint density at radius 1 is 0.360 bits per heavy atom. The van der Waals surface area contributed by atoms with Crippen LogP contribution in [0, 0.1) is 0 Å². The maximum atomic E-state index is 9.55. The smallest absolute Gasteiger partial charge is 0.328 e. The second-order valence-electron chi connectivity index (χ2n) is 21.0. The Kier molecular flexibility index (Phi) is 26.5. The van der Waals surface area contributed by atoms with Crippen molar-refractivity contribution in [2.45, 2.75) is 29.4 Å². The number of rotatable bonds is 17. The normalized spacial score (nSPS) is 16.4. The molecule has 0 amide bonds. The fourth-order valence-electron chi connectivity index (χ4n) is 10.5. The Bertz CT molecular complexity index is 3030. The van der Waals surface area contributed by atoms with Gasteiger partial charge in [0.1, 0.15) is 17.5 Å². The number of aliphatic imine (C=N–C) groups is 3. The summed E-state index contributed by atoms with van der Waals surface area (Å²) in [5.41, 5.74) is 6.81. The Morgan fingerprint density at radius 3 is 0.865 bits per heavy atom. The van der Waals surface area contributed by atoms with Crippen LogP contribution in [0.2, 0.25) is 0 Å². The molecule has 6 aromatic rings. The molecule has 6 aliphatic rings. The Labute approximate surface area is 534 Å². The first-order valence-electron chi connectivity index (χ1n) is 30.1. The molecule has 6 heterocycles. The second kappa shape index (κ2) is 35.5. The van der Waals surface area contributed by atoms with E-state index in [0.717, 1.165) is 133 Å². The molecule has 89 heavy (non-hydrogen) atoms. The van der Waals surface area contributed by atoms with E-state index in [1.54, 1.807) is 35.3 Å². The lowest BCUT2D eigenvalue weighted by Gasteiger charge is -2.36. The van der Waals surface area contributed by atoms with Gasteiger partial charge in [-0.3, -0.25) is 14.7 Å². The van der Waals surface area contributed by atoms with Crippen molar-refractivity contribution < 1.29 is 49.3 Å². The first-order chi connectivity index (χ1) is 43.7. The number of carboxylic acids is 2. The molecular weight excluding hydrogens is 1190 g/mol. The molecule has 3 saturated heterocycles. The number of carbonyl (C=O) groups is 2. The fraction of sp³-hybridized carbons (Fsp3) is 0.358. The predicted molar refractivity (Wildman–Crippen MR) is 352 cm³/mol. The highest BCUT2D eigenvalue weighted by molar-refractivity contribution is 8.00. The van der Waals surface area contributed by atoms with E-state index in [9.17, 15) is 9.59 Å². The van der Waals surface area contributed by atoms with E-state index in [-0.39, 0.29) is 19.8 Å². The zero-order valence-electron chi connectivity index (χ0n) is 50.0. The summed E-state index contributed by atoms with van der Waals surface area (Å²) in [6, 6.07) is 50.8. The molecule has 3 fully saturated rings. The van der Waals surface area contributed by atoms with E-state index in [1.807, 2.05) is 0 Å². The van der Waals surface area contributed by atoms with Gasteiger partial charge in [-0.15, -0.1) is 0 Å². The number of piperazine rings is 3. The van der Waals surface area contributed by atoms with Gasteiger partial charge in [-0.25, -0.2) is 24.6 Å². The number of para-hydroxylation sites is 3. The number of hydrogen-bond acceptors (Lipinski definition) is 20. The van der Waals surface area contributed by atoms with Gasteiger partial charge in [-0.2, -0.15) is 0 Å². The predicted octanol–water partition coefficient (Wildman–Crippen LogP) is 8.28. The van der Waals surface area contributed by atoms with Crippen LogP contribution < -0.4 is 0 Å². The lowest BCUT2D eigenvalue weighted by molar-refractivity contribution is -0.134. The highest BCUT2D eigenvalue weighted by Gasteiger charge is 2.28. The van der Waals surface area contributed by atoms with Gasteiger partial charge >= 0.3 is 11.9 Å². The number of benzene rings is 6. The quantitative estimate of drug-likeness (QED) is 0.0428. The standard InChI is InChI=1S/3C21H25N3O2S.C4H4O4/c3*25-14-16-26-15-13-23-9-11-24(12-10-23)21-17-5-1-3-7-19(17)27-20-8-4-2-6-18(20)22-21;5-3(6)1-2-4(7)8/h3*1-8,25H,9-16H2;1-2H,(H,5,6)(H,7,8)/b;;;2-1+. The van der Waals surface area contributed by atoms with Gasteiger partial charge < -0.3 is 54.4 Å². The maximum Gasteiger partial charge on any atom is 0.328 e. The summed E-state index contributed by atoms with van der Waals surface area (Å²) in [6.07, 6.45) is 1.12. The van der Waals surface area contributed by atoms with Gasteiger partial charge in [-0.1, -0.05) is 126 Å². The molecular formula is C67H79N9O10S3. The number of nitrogens with zero attached hydrogens (tertiary/aromatic N) is 9. The number of fused-ring (bicyclic) bond motifs is 6. The summed E-state index contributed by atoms with van der Waals surface area (Å²) in [5, 5.41) is 42.0. The van der Waals surface area contributed by atoms with Crippen molar-refractivity contribution in [1.29, 1.82) is 0 Å². The Morgan fingerprint density at radius 2 is 0.607 bits per heavy atom. The van der Waals surface area contributed by atoms with Crippen molar-refractivity contribution >= 4 is 81.8 Å². The molecule has 0 radical (unpaired) electrons. The summed E-state index contributed by atoms with van der Waals surface area (Å²) in [5.74, 6) is 0.734. The molecule has 19 nitrogen and oxygen atoms in total. The van der Waals surface area contributed by atoms with E-state index in [2.05, 4.69) is 175 Å². The third-order valence-electron chi connectivity index (χ3n) is 15.1. The van der Waals surface area contributed by atoms with Crippen molar-refractivity contribution in [3.8, 4) is 0 Å². The number of ether oxygens (including phenoxy) is 3. The minimum Gasteiger partial charge on any atom is -0.478 e. The highest BCUT2D eigenvalue weighted by Crippen LogP contribution is 2.43. The molecule has 0 unspecified atom stereocenters. The number of amidine groups is 3. The minimum atomic E-state index is -1.26. The van der Waals surface area contributed by atoms with Gasteiger partial charge in [0.2, 0.25) is 0 Å². The van der Waals surface area contributed by atoms with Crippen molar-refractivity contribution in [1.82, 2.24) is 29.4 Å². The zero-order valence-corrected chi connectivity index (χ0v) is 52.5. The van der Waals surface area contributed by atoms with Crippen molar-refractivity contribution in [2.24, 2.45) is 15.0 Å². The van der Waals surface area contributed by atoms with Crippen LogP contribution in [-0.2, 0) is 23.8 Å². The Balaban J connectivity index is 0.000000149. The van der Waals surface area contributed by atoms with E-state index < -0.39 is 11.9 Å². The van der Waals surface area contributed by atoms with Crippen LogP contribution in [0.4, 0.5) is 17.1 Å². The molecule has 470 valence electrons. The molecule has 0 atom stereocenters. The summed E-state index contributed by atoms with van der Waals surface area (Å²) >= 11 is 5.40. The SMILES string of the molecule is O=C(O)/C=C/C(=O)O.OCCOCCN1CCN(C2=Nc3ccccc3Sc3ccccc32)CC1.OCCOCCN1CCN(C2=Nc3ccccc3Sc3ccccc32)CC1.OCCOCCN1CCN(C2=Nc3ccccc3Sc3ccccc32)CC1. The summed E-state index contributed by atoms with van der Waals surface area (Å²) < 4.78 is 16.2. The number of aliphatic hydroxyl groups is 3. The molecule has 12 rings (SSSR count). The van der Waals surface area contributed by atoms with E-state index >= 15 is 0 Å². The van der Waals surface area contributed by atoms with E-state index in [1.165, 1.54) is 46.1 Å². The molecule has 0 saturated carbocycles. The van der Waals surface area contributed by atoms with Crippen molar-refractivity contribution in [2.75, 3.05) is 158 Å². The topological polar surface area (TPSA) is 220 Å². The molecule has 22 heteroatoms. The molecule has 0 bridgehead atoms. The van der Waals surface area contributed by atoms with Gasteiger partial charge in [0, 0.05) is 156 Å². The van der Waals surface area contributed by atoms with E-state index in [4.69, 9.17) is 54.7 Å². The van der Waals surface area contributed by atoms with Crippen LogP contribution in [0.25, 0.3) is 0 Å². The lowest BCUT2D eigenvalue weighted by Crippen LogP contribution is -2.49. The first kappa shape index (κ1) is 66.5. The summed E-state index contributed by atoms with van der Waals surface area (Å²) in [7, 11) is 0. The molecule has 0 aromatic heterocycles. The summed E-state index contributed by atoms with van der Waals surface area (Å²) in [4.78, 5) is 56.2. The number of carboxylic acid groups (broad SMARTS) is 2. The fourth-order valence-corrected chi connectivity index (χ4v) is 13.6. The summed E-state index contributed by atoms with van der Waals surface area (Å²) in [6.45, 7) is 18.0. The molecule has 6 aromatic carbocycles. The number of aliphatic carboxylic acids is 2. The molecule has 5 N–H and O–H groups in total. The number of hydrogen-bond donors (Lipinski definition) is 5. The first-order valence-corrected chi connectivity index (χ1v) is 32.6. The average molecular weight is 1270 g/mol. The largest absolute Gasteiger partial charge is 0.478 e. The van der Waals surface area contributed by atoms with Crippen LogP contribution in [0.3, 0.4) is 0 Å². The van der Waals surface area contributed by atoms with Crippen molar-refractivity contribution in [3.63, 3.8) is 0 Å². The van der Waals surface area contributed by atoms with Crippen LogP contribution in [-0.4, -0.2) is 242 Å². The third-order valence-corrected chi connectivity index (χ3v) is 18.5. The minimum absolute atomic E-state index is 0.0898.